The standard InChI is InChI=1S/C53H94NO7P/c1-3-5-7-9-11-13-15-17-19-21-22-23-24-25-26-27-28-29-31-33-35-37-39-41-43-45-48-58-50-52(51-60-62(56,57)59-49-47-54)61-53(55)46-44-42-40-38-36-34-32-30-20-18-16-14-12-10-8-6-4-2/h5-8,11-14,17-20,22-23,52H,3-4,9-10,15-16,21,24-51,54H2,1-2H3,(H,56,57)/b7-5-,8-6-,13-11-,14-12-,19-17-,20-18-,23-22-. The van der Waals surface area contributed by atoms with E-state index in [0.717, 1.165) is 83.5 Å². The topological polar surface area (TPSA) is 117 Å². The van der Waals surface area contributed by atoms with Crippen molar-refractivity contribution in [3.63, 3.8) is 0 Å². The van der Waals surface area contributed by atoms with Crippen molar-refractivity contribution < 1.29 is 32.8 Å². The Balaban J connectivity index is 3.94. The summed E-state index contributed by atoms with van der Waals surface area (Å²) in [6.07, 6.45) is 64.7. The molecule has 2 atom stereocenters. The van der Waals surface area contributed by atoms with Crippen LogP contribution in [0.25, 0.3) is 0 Å². The predicted molar refractivity (Wildman–Crippen MR) is 265 cm³/mol. The van der Waals surface area contributed by atoms with Crippen LogP contribution in [-0.2, 0) is 27.9 Å². The highest BCUT2D eigenvalue weighted by atomic mass is 31.2. The molecule has 8 nitrogen and oxygen atoms in total. The lowest BCUT2D eigenvalue weighted by Crippen LogP contribution is -2.28. The van der Waals surface area contributed by atoms with Gasteiger partial charge in [0.2, 0.25) is 0 Å². The van der Waals surface area contributed by atoms with Crippen molar-refractivity contribution >= 4 is 13.8 Å². The zero-order valence-electron chi connectivity index (χ0n) is 39.8. The number of hydrogen-bond acceptors (Lipinski definition) is 7. The van der Waals surface area contributed by atoms with E-state index in [9.17, 15) is 14.3 Å². The molecule has 0 aromatic carbocycles. The molecule has 0 radical (unpaired) electrons. The van der Waals surface area contributed by atoms with Crippen LogP contribution in [0.2, 0.25) is 0 Å². The average Bonchev–Trinajstić information content (AvgIpc) is 3.26. The lowest BCUT2D eigenvalue weighted by Gasteiger charge is -2.20. The van der Waals surface area contributed by atoms with Gasteiger partial charge < -0.3 is 20.1 Å². The first kappa shape index (κ1) is 59.7. The van der Waals surface area contributed by atoms with Crippen molar-refractivity contribution in [2.45, 2.75) is 213 Å². The number of phosphoric ester groups is 1. The van der Waals surface area contributed by atoms with Gasteiger partial charge in [0.1, 0.15) is 6.10 Å². The van der Waals surface area contributed by atoms with Gasteiger partial charge in [-0.15, -0.1) is 0 Å². The third-order valence-electron chi connectivity index (χ3n) is 10.3. The van der Waals surface area contributed by atoms with Crippen LogP contribution in [0.5, 0.6) is 0 Å². The molecule has 62 heavy (non-hydrogen) atoms. The molecule has 0 aliphatic carbocycles. The van der Waals surface area contributed by atoms with E-state index < -0.39 is 13.9 Å². The summed E-state index contributed by atoms with van der Waals surface area (Å²) in [7, 11) is -4.29. The average molecular weight is 888 g/mol. The van der Waals surface area contributed by atoms with Crippen LogP contribution in [0.1, 0.15) is 206 Å². The quantitative estimate of drug-likeness (QED) is 0.0269. The molecule has 2 unspecified atom stereocenters. The van der Waals surface area contributed by atoms with Crippen LogP contribution in [0.4, 0.5) is 0 Å². The number of carbonyl (C=O) groups is 1. The molecule has 0 aromatic heterocycles. The highest BCUT2D eigenvalue weighted by Crippen LogP contribution is 2.43. The van der Waals surface area contributed by atoms with E-state index in [0.29, 0.717) is 13.0 Å². The van der Waals surface area contributed by atoms with Crippen molar-refractivity contribution in [3.8, 4) is 0 Å². The van der Waals surface area contributed by atoms with Crippen molar-refractivity contribution in [1.82, 2.24) is 0 Å². The molecule has 0 bridgehead atoms. The Kier molecular flexibility index (Phi) is 47.8. The molecule has 3 N–H and O–H groups in total. The summed E-state index contributed by atoms with van der Waals surface area (Å²) in [6, 6.07) is 0. The number of hydrogen-bond donors (Lipinski definition) is 2. The van der Waals surface area contributed by atoms with Gasteiger partial charge in [0.15, 0.2) is 0 Å². The van der Waals surface area contributed by atoms with Gasteiger partial charge in [-0.3, -0.25) is 13.8 Å². The van der Waals surface area contributed by atoms with Gasteiger partial charge in [0.25, 0.3) is 0 Å². The Morgan fingerprint density at radius 1 is 0.484 bits per heavy atom. The van der Waals surface area contributed by atoms with E-state index in [1.54, 1.807) is 0 Å². The molecule has 0 aliphatic rings. The highest BCUT2D eigenvalue weighted by molar-refractivity contribution is 7.47. The largest absolute Gasteiger partial charge is 0.472 e. The maximum atomic E-state index is 12.6. The molecule has 0 aliphatic heterocycles. The Morgan fingerprint density at radius 2 is 0.855 bits per heavy atom. The fourth-order valence-corrected chi connectivity index (χ4v) is 7.47. The van der Waals surface area contributed by atoms with Crippen LogP contribution in [0.15, 0.2) is 85.1 Å². The second kappa shape index (κ2) is 49.7. The first-order valence-electron chi connectivity index (χ1n) is 25.1. The Labute approximate surface area is 381 Å². The van der Waals surface area contributed by atoms with Gasteiger partial charge in [-0.25, -0.2) is 4.57 Å². The second-order valence-corrected chi connectivity index (χ2v) is 17.7. The fraction of sp³-hybridized carbons (Fsp3) is 0.717. The van der Waals surface area contributed by atoms with Crippen LogP contribution in [0.3, 0.4) is 0 Å². The van der Waals surface area contributed by atoms with Gasteiger partial charge in [-0.2, -0.15) is 0 Å². The molecule has 0 rings (SSSR count). The minimum absolute atomic E-state index is 0.0948. The van der Waals surface area contributed by atoms with Crippen LogP contribution in [-0.4, -0.2) is 49.9 Å². The van der Waals surface area contributed by atoms with Gasteiger partial charge in [0.05, 0.1) is 19.8 Å². The lowest BCUT2D eigenvalue weighted by atomic mass is 10.0. The zero-order valence-corrected chi connectivity index (χ0v) is 40.7. The summed E-state index contributed by atoms with van der Waals surface area (Å²) < 4.78 is 33.6. The maximum Gasteiger partial charge on any atom is 0.472 e. The normalized spacial score (nSPS) is 14.1. The SMILES string of the molecule is CC/C=C\C/C=C\C/C=C\C/C=C\CCCCCCCCCCCCCCCOCC(COP(=O)(O)OCCN)OC(=O)CCCCCCCCC/C=C\C/C=C\C/C=C\CC. The summed E-state index contributed by atoms with van der Waals surface area (Å²) in [4.78, 5) is 22.6. The number of carbonyl (C=O) groups excluding carboxylic acids is 1. The summed E-state index contributed by atoms with van der Waals surface area (Å²) in [6.45, 7) is 4.69. The number of nitrogens with two attached hydrogens (primary N) is 1. The molecular weight excluding hydrogens is 794 g/mol. The molecule has 0 saturated carbocycles. The number of esters is 1. The molecule has 0 spiro atoms. The number of rotatable bonds is 47. The van der Waals surface area contributed by atoms with Crippen molar-refractivity contribution in [1.29, 1.82) is 0 Å². The van der Waals surface area contributed by atoms with Gasteiger partial charge in [0, 0.05) is 19.6 Å². The molecule has 9 heteroatoms. The molecular formula is C53H94NO7P. The van der Waals surface area contributed by atoms with Gasteiger partial charge >= 0.3 is 13.8 Å². The van der Waals surface area contributed by atoms with Crippen molar-refractivity contribution in [2.75, 3.05) is 33.0 Å². The Hall–Kier alpha value is -2.32. The van der Waals surface area contributed by atoms with Crippen LogP contribution in [0, 0.1) is 0 Å². The maximum absolute atomic E-state index is 12.6. The molecule has 0 saturated heterocycles. The third kappa shape index (κ3) is 48.7. The summed E-state index contributed by atoms with van der Waals surface area (Å²) in [5, 5.41) is 0. The second-order valence-electron chi connectivity index (χ2n) is 16.3. The monoisotopic (exact) mass is 888 g/mol. The first-order chi connectivity index (χ1) is 30.4. The number of ether oxygens (including phenoxy) is 2. The molecule has 0 amide bonds. The molecule has 358 valence electrons. The molecule has 0 aromatic rings. The minimum Gasteiger partial charge on any atom is -0.457 e. The number of unbranched alkanes of at least 4 members (excludes halogenated alkanes) is 20. The molecule has 0 fully saturated rings. The predicted octanol–water partition coefficient (Wildman–Crippen LogP) is 15.6. The molecule has 0 heterocycles. The zero-order chi connectivity index (χ0) is 45.1. The highest BCUT2D eigenvalue weighted by Gasteiger charge is 2.25. The lowest BCUT2D eigenvalue weighted by molar-refractivity contribution is -0.154. The third-order valence-corrected chi connectivity index (χ3v) is 11.3. The van der Waals surface area contributed by atoms with Crippen molar-refractivity contribution in [3.05, 3.63) is 85.1 Å². The van der Waals surface area contributed by atoms with Crippen LogP contribution < -0.4 is 5.73 Å². The van der Waals surface area contributed by atoms with Crippen molar-refractivity contribution in [2.24, 2.45) is 5.73 Å². The summed E-state index contributed by atoms with van der Waals surface area (Å²) >= 11 is 0. The number of allylic oxidation sites excluding steroid dienone is 14. The van der Waals surface area contributed by atoms with E-state index >= 15 is 0 Å². The van der Waals surface area contributed by atoms with Gasteiger partial charge in [-0.05, 0) is 83.5 Å². The Morgan fingerprint density at radius 3 is 1.27 bits per heavy atom. The minimum atomic E-state index is -4.29. The smallest absolute Gasteiger partial charge is 0.457 e. The summed E-state index contributed by atoms with van der Waals surface area (Å²) in [5.41, 5.74) is 5.39. The Bertz CT molecular complexity index is 1220. The van der Waals surface area contributed by atoms with Gasteiger partial charge in [-0.1, -0.05) is 202 Å². The fourth-order valence-electron chi connectivity index (χ4n) is 6.71. The first-order valence-corrected chi connectivity index (χ1v) is 26.6. The van der Waals surface area contributed by atoms with E-state index in [1.807, 2.05) is 0 Å². The van der Waals surface area contributed by atoms with E-state index in [-0.39, 0.29) is 32.3 Å². The van der Waals surface area contributed by atoms with E-state index in [4.69, 9.17) is 24.3 Å². The van der Waals surface area contributed by atoms with Crippen LogP contribution >= 0.6 is 7.82 Å². The summed E-state index contributed by atoms with van der Waals surface area (Å²) in [5.74, 6) is -0.342. The van der Waals surface area contributed by atoms with E-state index in [1.165, 1.54) is 103 Å². The number of phosphoric acid groups is 1. The van der Waals surface area contributed by atoms with E-state index in [2.05, 4.69) is 98.9 Å².